The third-order valence-corrected chi connectivity index (χ3v) is 4.06. The predicted octanol–water partition coefficient (Wildman–Crippen LogP) is 4.37. The second-order valence-corrected chi connectivity index (χ2v) is 5.96. The quantitative estimate of drug-likeness (QED) is 0.859. The Kier molecular flexibility index (Phi) is 4.20. The van der Waals surface area contributed by atoms with Crippen molar-refractivity contribution in [1.29, 1.82) is 0 Å². The minimum Gasteiger partial charge on any atom is -0.306 e. The van der Waals surface area contributed by atoms with E-state index in [1.807, 2.05) is 11.3 Å². The molecule has 1 atom stereocenters. The Morgan fingerprint density at radius 3 is 2.28 bits per heavy atom. The Balaban J connectivity index is 2.44. The van der Waals surface area contributed by atoms with Gasteiger partial charge in [-0.3, -0.25) is 0 Å². The molecule has 2 aromatic rings. The number of rotatable bonds is 4. The molecule has 1 nitrogen and oxygen atoms in total. The van der Waals surface area contributed by atoms with Crippen molar-refractivity contribution < 1.29 is 0 Å². The zero-order valence-corrected chi connectivity index (χ0v) is 12.4. The van der Waals surface area contributed by atoms with Crippen LogP contribution in [0.1, 0.15) is 40.1 Å². The predicted molar refractivity (Wildman–Crippen MR) is 80.5 cm³/mol. The number of hydrogen-bond donors (Lipinski definition) is 1. The highest BCUT2D eigenvalue weighted by Crippen LogP contribution is 2.29. The maximum Gasteiger partial charge on any atom is 0.0587 e. The van der Waals surface area contributed by atoms with Crippen LogP contribution in [0.15, 0.2) is 29.6 Å². The van der Waals surface area contributed by atoms with E-state index in [0.717, 1.165) is 6.54 Å². The molecule has 1 aromatic heterocycles. The molecule has 0 saturated carbocycles. The maximum absolute atomic E-state index is 3.60. The van der Waals surface area contributed by atoms with Crippen molar-refractivity contribution in [1.82, 2.24) is 5.32 Å². The Hall–Kier alpha value is -1.12. The molecule has 0 saturated heterocycles. The summed E-state index contributed by atoms with van der Waals surface area (Å²) in [4.78, 5) is 1.40. The van der Waals surface area contributed by atoms with Gasteiger partial charge in [0.05, 0.1) is 6.04 Å². The number of aryl methyl sites for hydroxylation is 3. The van der Waals surface area contributed by atoms with Crippen LogP contribution in [0, 0.1) is 20.8 Å². The van der Waals surface area contributed by atoms with Gasteiger partial charge in [0.15, 0.2) is 0 Å². The molecule has 2 heteroatoms. The number of thiophene rings is 1. The zero-order valence-electron chi connectivity index (χ0n) is 11.6. The van der Waals surface area contributed by atoms with Crippen LogP contribution in [-0.2, 0) is 0 Å². The van der Waals surface area contributed by atoms with Gasteiger partial charge in [0, 0.05) is 4.88 Å². The first kappa shape index (κ1) is 13.3. The topological polar surface area (TPSA) is 12.0 Å². The van der Waals surface area contributed by atoms with E-state index in [1.54, 1.807) is 0 Å². The lowest BCUT2D eigenvalue weighted by molar-refractivity contribution is 0.629. The first-order valence-corrected chi connectivity index (χ1v) is 7.35. The third kappa shape index (κ3) is 2.82. The first-order valence-electron chi connectivity index (χ1n) is 6.47. The fourth-order valence-electron chi connectivity index (χ4n) is 2.48. The fraction of sp³-hybridized carbons (Fsp3) is 0.375. The lowest BCUT2D eigenvalue weighted by Gasteiger charge is -2.20. The van der Waals surface area contributed by atoms with Crippen LogP contribution in [0.4, 0.5) is 0 Å². The molecular formula is C16H21NS. The number of hydrogen-bond acceptors (Lipinski definition) is 2. The average Bonchev–Trinajstić information content (AvgIpc) is 2.71. The van der Waals surface area contributed by atoms with E-state index in [4.69, 9.17) is 0 Å². The van der Waals surface area contributed by atoms with Crippen molar-refractivity contribution in [3.8, 4) is 0 Å². The smallest absolute Gasteiger partial charge is 0.0587 e. The van der Waals surface area contributed by atoms with E-state index in [2.05, 4.69) is 62.7 Å². The highest BCUT2D eigenvalue weighted by Gasteiger charge is 2.16. The van der Waals surface area contributed by atoms with Crippen LogP contribution >= 0.6 is 11.3 Å². The largest absolute Gasteiger partial charge is 0.306 e. The molecular weight excluding hydrogens is 238 g/mol. The molecule has 0 bridgehead atoms. The minimum absolute atomic E-state index is 0.319. The van der Waals surface area contributed by atoms with Gasteiger partial charge in [-0.1, -0.05) is 36.2 Å². The minimum atomic E-state index is 0.319. The fourth-order valence-corrected chi connectivity index (χ4v) is 3.22. The molecule has 1 aromatic carbocycles. The molecule has 0 radical (unpaired) electrons. The lowest BCUT2D eigenvalue weighted by atomic mass is 9.96. The Morgan fingerprint density at radius 1 is 1.11 bits per heavy atom. The highest BCUT2D eigenvalue weighted by molar-refractivity contribution is 7.10. The van der Waals surface area contributed by atoms with Crippen molar-refractivity contribution in [3.63, 3.8) is 0 Å². The van der Waals surface area contributed by atoms with Gasteiger partial charge in [-0.05, 0) is 49.9 Å². The van der Waals surface area contributed by atoms with Gasteiger partial charge in [-0.15, -0.1) is 11.3 Å². The SMILES string of the molecule is CCNC(c1cc(C)cc(C)c1)c1ccsc1C. The molecule has 18 heavy (non-hydrogen) atoms. The molecule has 0 aliphatic carbocycles. The summed E-state index contributed by atoms with van der Waals surface area (Å²) >= 11 is 1.82. The molecule has 96 valence electrons. The molecule has 1 unspecified atom stereocenters. The van der Waals surface area contributed by atoms with Crippen molar-refractivity contribution in [2.45, 2.75) is 33.7 Å². The van der Waals surface area contributed by atoms with Crippen molar-refractivity contribution in [2.75, 3.05) is 6.54 Å². The standard InChI is InChI=1S/C16H21NS/c1-5-17-16(15-6-7-18-13(15)4)14-9-11(2)8-12(3)10-14/h6-10,16-17H,5H2,1-4H3. The van der Waals surface area contributed by atoms with Gasteiger partial charge in [0.2, 0.25) is 0 Å². The maximum atomic E-state index is 3.60. The zero-order chi connectivity index (χ0) is 13.1. The van der Waals surface area contributed by atoms with Crippen LogP contribution in [0.5, 0.6) is 0 Å². The number of benzene rings is 1. The summed E-state index contributed by atoms with van der Waals surface area (Å²) in [6, 6.07) is 9.37. The van der Waals surface area contributed by atoms with E-state index in [1.165, 1.54) is 27.1 Å². The molecule has 0 aliphatic heterocycles. The second kappa shape index (κ2) is 5.68. The molecule has 1 N–H and O–H groups in total. The summed E-state index contributed by atoms with van der Waals surface area (Å²) in [6.45, 7) is 9.68. The van der Waals surface area contributed by atoms with Crippen LogP contribution in [-0.4, -0.2) is 6.54 Å². The van der Waals surface area contributed by atoms with E-state index in [9.17, 15) is 0 Å². The summed E-state index contributed by atoms with van der Waals surface area (Å²) in [7, 11) is 0. The molecule has 1 heterocycles. The van der Waals surface area contributed by atoms with E-state index in [0.29, 0.717) is 6.04 Å². The van der Waals surface area contributed by atoms with Gasteiger partial charge < -0.3 is 5.32 Å². The second-order valence-electron chi connectivity index (χ2n) is 4.84. The van der Waals surface area contributed by atoms with E-state index >= 15 is 0 Å². The Labute approximate surface area is 114 Å². The summed E-state index contributed by atoms with van der Waals surface area (Å²) < 4.78 is 0. The van der Waals surface area contributed by atoms with Crippen molar-refractivity contribution >= 4 is 11.3 Å². The van der Waals surface area contributed by atoms with Crippen molar-refractivity contribution in [2.24, 2.45) is 0 Å². The lowest BCUT2D eigenvalue weighted by Crippen LogP contribution is -2.22. The molecule has 0 amide bonds. The van der Waals surface area contributed by atoms with Crippen molar-refractivity contribution in [3.05, 3.63) is 56.8 Å². The van der Waals surface area contributed by atoms with Gasteiger partial charge in [0.25, 0.3) is 0 Å². The summed E-state index contributed by atoms with van der Waals surface area (Å²) in [5, 5.41) is 5.78. The van der Waals surface area contributed by atoms with Gasteiger partial charge >= 0.3 is 0 Å². The normalized spacial score (nSPS) is 12.7. The summed E-state index contributed by atoms with van der Waals surface area (Å²) in [6.07, 6.45) is 0. The molecule has 0 aliphatic rings. The Morgan fingerprint density at radius 2 is 1.78 bits per heavy atom. The van der Waals surface area contributed by atoms with Gasteiger partial charge in [-0.2, -0.15) is 0 Å². The Bertz CT molecular complexity index is 507. The molecule has 2 rings (SSSR count). The van der Waals surface area contributed by atoms with E-state index in [-0.39, 0.29) is 0 Å². The van der Waals surface area contributed by atoms with Gasteiger partial charge in [-0.25, -0.2) is 0 Å². The average molecular weight is 259 g/mol. The van der Waals surface area contributed by atoms with Crippen LogP contribution < -0.4 is 5.32 Å². The first-order chi connectivity index (χ1) is 8.61. The van der Waals surface area contributed by atoms with Crippen LogP contribution in [0.3, 0.4) is 0 Å². The summed E-state index contributed by atoms with van der Waals surface area (Å²) in [5.41, 5.74) is 5.45. The summed E-state index contributed by atoms with van der Waals surface area (Å²) in [5.74, 6) is 0. The van der Waals surface area contributed by atoms with Gasteiger partial charge in [0.1, 0.15) is 0 Å². The third-order valence-electron chi connectivity index (χ3n) is 3.20. The molecule has 0 fully saturated rings. The highest BCUT2D eigenvalue weighted by atomic mass is 32.1. The van der Waals surface area contributed by atoms with E-state index < -0.39 is 0 Å². The molecule has 0 spiro atoms. The van der Waals surface area contributed by atoms with Crippen LogP contribution in [0.2, 0.25) is 0 Å². The monoisotopic (exact) mass is 259 g/mol. The van der Waals surface area contributed by atoms with Crippen LogP contribution in [0.25, 0.3) is 0 Å². The number of nitrogens with one attached hydrogen (secondary N) is 1.